The van der Waals surface area contributed by atoms with Gasteiger partial charge in [0, 0.05) is 5.57 Å². The van der Waals surface area contributed by atoms with Gasteiger partial charge in [-0.05, 0) is 67.7 Å². The number of benzene rings is 2. The topological polar surface area (TPSA) is 107 Å². The van der Waals surface area contributed by atoms with Crippen LogP contribution in [0.25, 0.3) is 11.6 Å². The van der Waals surface area contributed by atoms with E-state index in [1.54, 1.807) is 38.3 Å². The summed E-state index contributed by atoms with van der Waals surface area (Å²) in [6, 6.07) is 11.3. The van der Waals surface area contributed by atoms with Crippen molar-refractivity contribution in [3.8, 4) is 34.8 Å². The molecule has 8 nitrogen and oxygen atoms in total. The smallest absolute Gasteiger partial charge is 0.330 e. The third-order valence-corrected chi connectivity index (χ3v) is 6.24. The predicted molar refractivity (Wildman–Crippen MR) is 152 cm³/mol. The van der Waals surface area contributed by atoms with Gasteiger partial charge in [0.15, 0.2) is 23.0 Å². The zero-order chi connectivity index (χ0) is 28.6. The summed E-state index contributed by atoms with van der Waals surface area (Å²) in [6.45, 7) is 2.21. The summed E-state index contributed by atoms with van der Waals surface area (Å²) in [4.78, 5) is 10.8. The molecule has 0 spiro atoms. The van der Waals surface area contributed by atoms with Gasteiger partial charge in [-0.25, -0.2) is 4.79 Å². The first kappa shape index (κ1) is 31.1. The zero-order valence-corrected chi connectivity index (χ0v) is 23.5. The average Bonchev–Trinajstić information content (AvgIpc) is 2.95. The number of carboxylic acid groups (broad SMARTS) is 1. The number of methoxy groups -OCH3 is 4. The third kappa shape index (κ3) is 9.60. The first-order chi connectivity index (χ1) is 18.9. The zero-order valence-electron chi connectivity index (χ0n) is 23.5. The van der Waals surface area contributed by atoms with Crippen LogP contribution in [0.5, 0.6) is 28.7 Å². The minimum Gasteiger partial charge on any atom is -0.493 e. The number of nitrogens with zero attached hydrogens (tertiary/aromatic N) is 1. The molecule has 0 unspecified atom stereocenters. The Morgan fingerprint density at radius 3 is 2.03 bits per heavy atom. The summed E-state index contributed by atoms with van der Waals surface area (Å²) >= 11 is 0. The molecule has 0 radical (unpaired) electrons. The van der Waals surface area contributed by atoms with Crippen LogP contribution in [0.15, 0.2) is 42.0 Å². The molecule has 8 heteroatoms. The largest absolute Gasteiger partial charge is 0.493 e. The maximum Gasteiger partial charge on any atom is 0.330 e. The second kappa shape index (κ2) is 16.7. The van der Waals surface area contributed by atoms with Crippen molar-refractivity contribution < 1.29 is 33.6 Å². The predicted octanol–water partition coefficient (Wildman–Crippen LogP) is 6.93. The number of ether oxygens (including phenoxy) is 5. The Labute approximate surface area is 231 Å². The van der Waals surface area contributed by atoms with E-state index in [0.717, 1.165) is 50.5 Å². The van der Waals surface area contributed by atoms with Crippen molar-refractivity contribution >= 4 is 17.6 Å². The van der Waals surface area contributed by atoms with E-state index < -0.39 is 5.97 Å². The van der Waals surface area contributed by atoms with Crippen LogP contribution >= 0.6 is 0 Å². The molecule has 2 rings (SSSR count). The standard InChI is InChI=1S/C31H39NO7/c1-22(31(33)34)13-11-9-7-6-8-10-12-16-39-26-15-14-23(18-27(26)35-2)17-25(21-32)24-19-28(36-3)30(38-5)29(20-24)37-4/h13-15,17-20H,6-12,16H2,1-5H3,(H,33,34). The van der Waals surface area contributed by atoms with Crippen LogP contribution in [0.1, 0.15) is 63.0 Å². The van der Waals surface area contributed by atoms with E-state index in [1.165, 1.54) is 21.3 Å². The molecule has 0 aliphatic rings. The third-order valence-electron chi connectivity index (χ3n) is 6.24. The van der Waals surface area contributed by atoms with Crippen molar-refractivity contribution in [3.63, 3.8) is 0 Å². The van der Waals surface area contributed by atoms with Gasteiger partial charge >= 0.3 is 5.97 Å². The van der Waals surface area contributed by atoms with E-state index >= 15 is 0 Å². The molecule has 2 aromatic carbocycles. The number of nitriles is 1. The van der Waals surface area contributed by atoms with Crippen molar-refractivity contribution in [2.75, 3.05) is 35.0 Å². The van der Waals surface area contributed by atoms with Gasteiger partial charge in [0.05, 0.1) is 46.7 Å². The minimum atomic E-state index is -0.847. The summed E-state index contributed by atoms with van der Waals surface area (Å²) < 4.78 is 27.7. The summed E-state index contributed by atoms with van der Waals surface area (Å²) in [6.07, 6.45) is 10.7. The molecule has 0 bridgehead atoms. The van der Waals surface area contributed by atoms with Gasteiger partial charge in [0.1, 0.15) is 0 Å². The molecule has 210 valence electrons. The highest BCUT2D eigenvalue weighted by atomic mass is 16.5. The molecule has 0 aromatic heterocycles. The van der Waals surface area contributed by atoms with Crippen molar-refractivity contribution in [2.24, 2.45) is 0 Å². The normalized spacial score (nSPS) is 11.5. The Morgan fingerprint density at radius 2 is 1.46 bits per heavy atom. The Hall–Kier alpha value is -4.12. The van der Waals surface area contributed by atoms with Crippen molar-refractivity contribution in [3.05, 3.63) is 53.1 Å². The Balaban J connectivity index is 1.94. The number of carboxylic acids is 1. The maximum atomic E-state index is 10.8. The number of hydrogen-bond acceptors (Lipinski definition) is 7. The van der Waals surface area contributed by atoms with Gasteiger partial charge in [-0.15, -0.1) is 0 Å². The van der Waals surface area contributed by atoms with Gasteiger partial charge < -0.3 is 28.8 Å². The molecular formula is C31H39NO7. The van der Waals surface area contributed by atoms with E-state index in [-0.39, 0.29) is 0 Å². The molecule has 0 atom stereocenters. The number of aliphatic carboxylic acids is 1. The Bertz CT molecular complexity index is 1170. The number of rotatable bonds is 17. The first-order valence-corrected chi connectivity index (χ1v) is 13.0. The monoisotopic (exact) mass is 537 g/mol. The fourth-order valence-electron chi connectivity index (χ4n) is 4.02. The van der Waals surface area contributed by atoms with Crippen LogP contribution in [0.3, 0.4) is 0 Å². The highest BCUT2D eigenvalue weighted by Gasteiger charge is 2.15. The van der Waals surface area contributed by atoms with Gasteiger partial charge in [0.2, 0.25) is 5.75 Å². The van der Waals surface area contributed by atoms with E-state index in [0.29, 0.717) is 52.1 Å². The molecule has 0 saturated carbocycles. The summed E-state index contributed by atoms with van der Waals surface area (Å²) in [7, 11) is 6.19. The van der Waals surface area contributed by atoms with E-state index in [1.807, 2.05) is 18.2 Å². The average molecular weight is 538 g/mol. The molecule has 0 aliphatic heterocycles. The highest BCUT2D eigenvalue weighted by Crippen LogP contribution is 2.40. The lowest BCUT2D eigenvalue weighted by molar-refractivity contribution is -0.132. The second-order valence-corrected chi connectivity index (χ2v) is 8.94. The lowest BCUT2D eigenvalue weighted by Gasteiger charge is -2.14. The number of unbranched alkanes of at least 4 members (excludes halogenated alkanes) is 6. The lowest BCUT2D eigenvalue weighted by Crippen LogP contribution is -2.00. The summed E-state index contributed by atoms with van der Waals surface area (Å²) in [5.74, 6) is 1.80. The molecule has 1 N–H and O–H groups in total. The van der Waals surface area contributed by atoms with Crippen LogP contribution in [-0.2, 0) is 4.79 Å². The second-order valence-electron chi connectivity index (χ2n) is 8.94. The van der Waals surface area contributed by atoms with Crippen molar-refractivity contribution in [1.29, 1.82) is 5.26 Å². The van der Waals surface area contributed by atoms with Gasteiger partial charge in [-0.1, -0.05) is 37.8 Å². The molecule has 0 amide bonds. The van der Waals surface area contributed by atoms with Crippen LogP contribution in [-0.4, -0.2) is 46.1 Å². The highest BCUT2D eigenvalue weighted by molar-refractivity contribution is 5.91. The van der Waals surface area contributed by atoms with E-state index in [9.17, 15) is 10.1 Å². The number of hydrogen-bond donors (Lipinski definition) is 1. The molecule has 0 aliphatic carbocycles. The molecule has 2 aromatic rings. The Kier molecular flexibility index (Phi) is 13.3. The maximum absolute atomic E-state index is 10.8. The van der Waals surface area contributed by atoms with Gasteiger partial charge in [-0.3, -0.25) is 0 Å². The molecule has 0 fully saturated rings. The van der Waals surface area contributed by atoms with Crippen LogP contribution in [0.4, 0.5) is 0 Å². The van der Waals surface area contributed by atoms with Gasteiger partial charge in [-0.2, -0.15) is 5.26 Å². The molecule has 0 heterocycles. The Morgan fingerprint density at radius 1 is 0.846 bits per heavy atom. The van der Waals surface area contributed by atoms with Crippen LogP contribution in [0.2, 0.25) is 0 Å². The first-order valence-electron chi connectivity index (χ1n) is 13.0. The minimum absolute atomic E-state index is 0.413. The van der Waals surface area contributed by atoms with Crippen molar-refractivity contribution in [2.45, 2.75) is 51.9 Å². The SMILES string of the molecule is COc1cc(C=C(C#N)c2cc(OC)c(OC)c(OC)c2)ccc1OCCCCCCCCC=C(C)C(=O)O. The fraction of sp³-hybridized carbons (Fsp3) is 0.419. The van der Waals surface area contributed by atoms with E-state index in [2.05, 4.69) is 6.07 Å². The fourth-order valence-corrected chi connectivity index (χ4v) is 4.02. The number of carbonyl (C=O) groups is 1. The molecule has 0 saturated heterocycles. The van der Waals surface area contributed by atoms with Gasteiger partial charge in [0.25, 0.3) is 0 Å². The van der Waals surface area contributed by atoms with Crippen LogP contribution in [0, 0.1) is 11.3 Å². The molecule has 39 heavy (non-hydrogen) atoms. The molecular weight excluding hydrogens is 498 g/mol. The number of allylic oxidation sites excluding steroid dienone is 2. The quantitative estimate of drug-likeness (QED) is 0.100. The summed E-state index contributed by atoms with van der Waals surface area (Å²) in [5, 5.41) is 18.7. The lowest BCUT2D eigenvalue weighted by atomic mass is 10.0. The van der Waals surface area contributed by atoms with Crippen molar-refractivity contribution in [1.82, 2.24) is 0 Å². The summed E-state index contributed by atoms with van der Waals surface area (Å²) in [5.41, 5.74) is 2.27. The van der Waals surface area contributed by atoms with E-state index in [4.69, 9.17) is 28.8 Å². The van der Waals surface area contributed by atoms with Crippen LogP contribution < -0.4 is 23.7 Å².